The molecule has 0 bridgehead atoms. The normalized spacial score (nSPS) is 11.2. The Balaban J connectivity index is 1.76. The second-order valence-corrected chi connectivity index (χ2v) is 8.72. The number of carbonyl (C=O) groups is 1. The summed E-state index contributed by atoms with van der Waals surface area (Å²) in [5, 5.41) is 0.657. The minimum Gasteiger partial charge on any atom is -0.457 e. The minimum absolute atomic E-state index is 0.0162. The minimum atomic E-state index is -0.650. The lowest BCUT2D eigenvalue weighted by atomic mass is 9.94. The summed E-state index contributed by atoms with van der Waals surface area (Å²) in [4.78, 5) is 19.4. The number of hydrogen-bond acceptors (Lipinski definition) is 3. The number of amides is 1. The second-order valence-electron chi connectivity index (χ2n) is 8.02. The maximum atomic E-state index is 13.2. The molecule has 0 saturated carbocycles. The largest absolute Gasteiger partial charge is 0.457 e. The number of ether oxygens (including phenoxy) is 1. The van der Waals surface area contributed by atoms with E-state index in [4.69, 9.17) is 27.9 Å². The molecule has 1 amide bonds. The van der Waals surface area contributed by atoms with E-state index >= 15 is 0 Å². The van der Waals surface area contributed by atoms with E-state index in [0.29, 0.717) is 36.0 Å². The first-order valence-electron chi connectivity index (χ1n) is 10.1. The molecular weight excluding hydrogens is 431 g/mol. The molecule has 0 aliphatic heterocycles. The number of pyridine rings is 1. The van der Waals surface area contributed by atoms with Crippen LogP contribution < -0.4 is 4.74 Å². The summed E-state index contributed by atoms with van der Waals surface area (Å²) >= 11 is 12.0. The Bertz CT molecular complexity index is 992. The molecule has 0 spiro atoms. The molecule has 0 aliphatic rings. The van der Waals surface area contributed by atoms with Crippen LogP contribution in [-0.4, -0.2) is 28.2 Å². The van der Waals surface area contributed by atoms with Crippen molar-refractivity contribution >= 4 is 29.1 Å². The van der Waals surface area contributed by atoms with Crippen LogP contribution in [0.4, 0.5) is 0 Å². The Labute approximate surface area is 193 Å². The fourth-order valence-electron chi connectivity index (χ4n) is 3.10. The molecule has 1 heterocycles. The lowest BCUT2D eigenvalue weighted by molar-refractivity contribution is -0.139. The molecule has 0 aliphatic carbocycles. The van der Waals surface area contributed by atoms with E-state index < -0.39 is 5.41 Å². The van der Waals surface area contributed by atoms with Gasteiger partial charge in [0, 0.05) is 42.3 Å². The highest BCUT2D eigenvalue weighted by Crippen LogP contribution is 2.26. The maximum Gasteiger partial charge on any atom is 0.229 e. The summed E-state index contributed by atoms with van der Waals surface area (Å²) < 4.78 is 5.94. The molecular formula is C25H26Cl2N2O2. The molecule has 0 N–H and O–H groups in total. The number of rotatable bonds is 9. The van der Waals surface area contributed by atoms with Crippen LogP contribution in [0.2, 0.25) is 5.02 Å². The Morgan fingerprint density at radius 3 is 2.48 bits per heavy atom. The molecule has 0 radical (unpaired) electrons. The standard InChI is InChI=1S/C25H26Cl2N2O2/c1-25(2,18-26)24(30)29(15-13-21-7-3-4-14-28-21)17-19-6-5-8-23(16-19)31-22-11-9-20(27)10-12-22/h3-12,14,16H,13,15,17-18H2,1-2H3. The smallest absolute Gasteiger partial charge is 0.229 e. The lowest BCUT2D eigenvalue weighted by Gasteiger charge is -2.31. The zero-order valence-corrected chi connectivity index (χ0v) is 19.2. The number of carbonyl (C=O) groups excluding carboxylic acids is 1. The topological polar surface area (TPSA) is 42.4 Å². The molecule has 0 fully saturated rings. The fourth-order valence-corrected chi connectivity index (χ4v) is 3.34. The third-order valence-electron chi connectivity index (χ3n) is 4.89. The molecule has 3 rings (SSSR count). The van der Waals surface area contributed by atoms with Gasteiger partial charge in [-0.15, -0.1) is 11.6 Å². The van der Waals surface area contributed by atoms with Crippen molar-refractivity contribution in [3.63, 3.8) is 0 Å². The summed E-state index contributed by atoms with van der Waals surface area (Å²) in [6.45, 7) is 4.76. The van der Waals surface area contributed by atoms with Crippen molar-refractivity contribution in [1.29, 1.82) is 0 Å². The highest BCUT2D eigenvalue weighted by atomic mass is 35.5. The van der Waals surface area contributed by atoms with Gasteiger partial charge >= 0.3 is 0 Å². The maximum absolute atomic E-state index is 13.2. The van der Waals surface area contributed by atoms with Crippen LogP contribution in [0.1, 0.15) is 25.1 Å². The molecule has 0 saturated heterocycles. The first kappa shape index (κ1) is 23.1. The quantitative estimate of drug-likeness (QED) is 0.351. The van der Waals surface area contributed by atoms with Gasteiger partial charge in [0.15, 0.2) is 0 Å². The van der Waals surface area contributed by atoms with Crippen LogP contribution in [0.5, 0.6) is 11.5 Å². The molecule has 3 aromatic rings. The molecule has 2 aromatic carbocycles. The monoisotopic (exact) mass is 456 g/mol. The number of halogens is 2. The van der Waals surface area contributed by atoms with Gasteiger partial charge < -0.3 is 9.64 Å². The van der Waals surface area contributed by atoms with Gasteiger partial charge in [0.1, 0.15) is 11.5 Å². The Hall–Kier alpha value is -2.56. The Morgan fingerprint density at radius 1 is 1.03 bits per heavy atom. The van der Waals surface area contributed by atoms with Gasteiger partial charge in [0.05, 0.1) is 5.41 Å². The van der Waals surface area contributed by atoms with E-state index in [-0.39, 0.29) is 11.8 Å². The summed E-state index contributed by atoms with van der Waals surface area (Å²) in [7, 11) is 0. The number of nitrogens with zero attached hydrogens (tertiary/aromatic N) is 2. The Kier molecular flexibility index (Phi) is 7.94. The van der Waals surface area contributed by atoms with Crippen molar-refractivity contribution in [2.24, 2.45) is 5.41 Å². The van der Waals surface area contributed by atoms with Gasteiger partial charge in [0.2, 0.25) is 5.91 Å². The molecule has 0 unspecified atom stereocenters. The van der Waals surface area contributed by atoms with Crippen molar-refractivity contribution in [2.45, 2.75) is 26.8 Å². The van der Waals surface area contributed by atoms with Gasteiger partial charge in [-0.1, -0.05) is 29.8 Å². The highest BCUT2D eigenvalue weighted by Gasteiger charge is 2.31. The van der Waals surface area contributed by atoms with Crippen LogP contribution in [0, 0.1) is 5.41 Å². The molecule has 162 valence electrons. The summed E-state index contributed by atoms with van der Waals surface area (Å²) in [6, 6.07) is 20.8. The fraction of sp³-hybridized carbons (Fsp3) is 0.280. The van der Waals surface area contributed by atoms with E-state index in [0.717, 1.165) is 11.3 Å². The lowest BCUT2D eigenvalue weighted by Crippen LogP contribution is -2.42. The first-order valence-corrected chi connectivity index (χ1v) is 11.1. The van der Waals surface area contributed by atoms with Gasteiger partial charge in [0.25, 0.3) is 0 Å². The van der Waals surface area contributed by atoms with Crippen molar-refractivity contribution in [3.05, 3.63) is 89.2 Å². The van der Waals surface area contributed by atoms with Crippen molar-refractivity contribution < 1.29 is 9.53 Å². The average Bonchev–Trinajstić information content (AvgIpc) is 2.78. The number of hydrogen-bond donors (Lipinski definition) is 0. The highest BCUT2D eigenvalue weighted by molar-refractivity contribution is 6.30. The second kappa shape index (κ2) is 10.7. The third kappa shape index (κ3) is 6.71. The number of benzene rings is 2. The van der Waals surface area contributed by atoms with E-state index in [1.807, 2.05) is 73.3 Å². The summed E-state index contributed by atoms with van der Waals surface area (Å²) in [5.41, 5.74) is 1.28. The van der Waals surface area contributed by atoms with Gasteiger partial charge in [-0.05, 0) is 67.9 Å². The molecule has 31 heavy (non-hydrogen) atoms. The van der Waals surface area contributed by atoms with Crippen molar-refractivity contribution in [1.82, 2.24) is 9.88 Å². The van der Waals surface area contributed by atoms with Crippen molar-refractivity contribution in [3.8, 4) is 11.5 Å². The average molecular weight is 457 g/mol. The first-order chi connectivity index (χ1) is 14.9. The molecule has 4 nitrogen and oxygen atoms in total. The molecule has 1 aromatic heterocycles. The van der Waals surface area contributed by atoms with Gasteiger partial charge in [-0.2, -0.15) is 0 Å². The predicted octanol–water partition coefficient (Wildman–Crippen LogP) is 6.36. The number of aromatic nitrogens is 1. The summed E-state index contributed by atoms with van der Waals surface area (Å²) in [5.74, 6) is 1.68. The van der Waals surface area contributed by atoms with Crippen LogP contribution in [-0.2, 0) is 17.8 Å². The van der Waals surface area contributed by atoms with Crippen LogP contribution in [0.25, 0.3) is 0 Å². The van der Waals surface area contributed by atoms with E-state index in [9.17, 15) is 4.79 Å². The summed E-state index contributed by atoms with van der Waals surface area (Å²) in [6.07, 6.45) is 2.44. The SMILES string of the molecule is CC(C)(CCl)C(=O)N(CCc1ccccn1)Cc1cccc(Oc2ccc(Cl)cc2)c1. The van der Waals surface area contributed by atoms with Gasteiger partial charge in [-0.3, -0.25) is 9.78 Å². The van der Waals surface area contributed by atoms with E-state index in [1.165, 1.54) is 0 Å². The van der Waals surface area contributed by atoms with Crippen LogP contribution in [0.15, 0.2) is 72.9 Å². The van der Waals surface area contributed by atoms with Crippen molar-refractivity contribution in [2.75, 3.05) is 12.4 Å². The zero-order chi connectivity index (χ0) is 22.3. The van der Waals surface area contributed by atoms with Crippen LogP contribution >= 0.6 is 23.2 Å². The van der Waals surface area contributed by atoms with Gasteiger partial charge in [-0.25, -0.2) is 0 Å². The predicted molar refractivity (Wildman–Crippen MR) is 126 cm³/mol. The zero-order valence-electron chi connectivity index (χ0n) is 17.7. The molecule has 0 atom stereocenters. The van der Waals surface area contributed by atoms with E-state index in [1.54, 1.807) is 18.3 Å². The molecule has 6 heteroatoms. The van der Waals surface area contributed by atoms with Crippen LogP contribution in [0.3, 0.4) is 0 Å². The number of alkyl halides is 1. The van der Waals surface area contributed by atoms with E-state index in [2.05, 4.69) is 4.98 Å². The Morgan fingerprint density at radius 2 is 1.81 bits per heavy atom. The third-order valence-corrected chi connectivity index (χ3v) is 5.81.